The molecule has 0 aliphatic carbocycles. The standard InChI is InChI=1S/C18H17FN2O2S/c19-14-4-1-3-13(7-14)17(22)21-11-18(12-21)8-16(10-24-18)23-15-5-2-6-20-9-15/h1-7,9,16H,8,10-12H2/t16-/m1/s1. The number of rotatable bonds is 3. The van der Waals surface area contributed by atoms with Crippen LogP contribution >= 0.6 is 11.8 Å². The zero-order valence-corrected chi connectivity index (χ0v) is 13.8. The molecule has 124 valence electrons. The minimum Gasteiger partial charge on any atom is -0.488 e. The molecule has 1 atom stereocenters. The molecule has 2 aromatic rings. The predicted octanol–water partition coefficient (Wildman–Crippen LogP) is 3.00. The maximum absolute atomic E-state index is 13.3. The molecule has 0 bridgehead atoms. The van der Waals surface area contributed by atoms with Gasteiger partial charge in [-0.15, -0.1) is 11.8 Å². The lowest BCUT2D eigenvalue weighted by Gasteiger charge is -2.47. The summed E-state index contributed by atoms with van der Waals surface area (Å²) in [4.78, 5) is 18.2. The molecule has 2 aliphatic heterocycles. The van der Waals surface area contributed by atoms with E-state index < -0.39 is 0 Å². The van der Waals surface area contributed by atoms with Gasteiger partial charge < -0.3 is 9.64 Å². The molecule has 0 saturated carbocycles. The number of aromatic nitrogens is 1. The summed E-state index contributed by atoms with van der Waals surface area (Å²) in [5.74, 6) is 1.22. The van der Waals surface area contributed by atoms with Gasteiger partial charge in [0.15, 0.2) is 0 Å². The van der Waals surface area contributed by atoms with E-state index >= 15 is 0 Å². The lowest BCUT2D eigenvalue weighted by atomic mass is 9.92. The average Bonchev–Trinajstić information content (AvgIpc) is 2.98. The van der Waals surface area contributed by atoms with Crippen LogP contribution in [-0.4, -0.2) is 45.5 Å². The molecule has 1 spiro atoms. The van der Waals surface area contributed by atoms with Crippen molar-refractivity contribution in [1.29, 1.82) is 0 Å². The number of likely N-dealkylation sites (tertiary alicyclic amines) is 1. The Morgan fingerprint density at radius 2 is 2.21 bits per heavy atom. The van der Waals surface area contributed by atoms with Gasteiger partial charge in [0.05, 0.1) is 10.9 Å². The minimum atomic E-state index is -0.378. The summed E-state index contributed by atoms with van der Waals surface area (Å²) in [6.45, 7) is 1.39. The van der Waals surface area contributed by atoms with Crippen molar-refractivity contribution < 1.29 is 13.9 Å². The number of amides is 1. The van der Waals surface area contributed by atoms with Crippen molar-refractivity contribution in [3.8, 4) is 5.75 Å². The quantitative estimate of drug-likeness (QED) is 0.858. The van der Waals surface area contributed by atoms with Crippen LogP contribution in [0.2, 0.25) is 0 Å². The van der Waals surface area contributed by atoms with Gasteiger partial charge in [-0.05, 0) is 30.3 Å². The zero-order chi connectivity index (χ0) is 16.6. The molecule has 2 saturated heterocycles. The first-order chi connectivity index (χ1) is 11.6. The summed E-state index contributed by atoms with van der Waals surface area (Å²) in [6, 6.07) is 9.64. The number of benzene rings is 1. The van der Waals surface area contributed by atoms with E-state index in [-0.39, 0.29) is 22.6 Å². The van der Waals surface area contributed by atoms with E-state index in [1.807, 2.05) is 23.9 Å². The van der Waals surface area contributed by atoms with Gasteiger partial charge in [0.1, 0.15) is 17.7 Å². The first-order valence-electron chi connectivity index (χ1n) is 7.89. The van der Waals surface area contributed by atoms with Crippen LogP contribution in [-0.2, 0) is 0 Å². The molecule has 6 heteroatoms. The highest BCUT2D eigenvalue weighted by Crippen LogP contribution is 2.46. The number of pyridine rings is 1. The Balaban J connectivity index is 1.34. The molecule has 0 N–H and O–H groups in total. The number of ether oxygens (including phenoxy) is 1. The van der Waals surface area contributed by atoms with Crippen molar-refractivity contribution in [1.82, 2.24) is 9.88 Å². The third-order valence-corrected chi connectivity index (χ3v) is 6.00. The molecule has 1 aromatic carbocycles. The number of halogens is 1. The van der Waals surface area contributed by atoms with Gasteiger partial charge in [-0.25, -0.2) is 4.39 Å². The van der Waals surface area contributed by atoms with Crippen molar-refractivity contribution in [2.75, 3.05) is 18.8 Å². The maximum Gasteiger partial charge on any atom is 0.254 e. The highest BCUT2D eigenvalue weighted by atomic mass is 32.2. The van der Waals surface area contributed by atoms with Crippen molar-refractivity contribution in [3.05, 3.63) is 60.2 Å². The van der Waals surface area contributed by atoms with Crippen LogP contribution < -0.4 is 4.74 Å². The third kappa shape index (κ3) is 2.98. The Morgan fingerprint density at radius 1 is 1.33 bits per heavy atom. The molecule has 1 aromatic heterocycles. The second kappa shape index (κ2) is 6.09. The number of nitrogens with zero attached hydrogens (tertiary/aromatic N) is 2. The average molecular weight is 344 g/mol. The van der Waals surface area contributed by atoms with Crippen LogP contribution in [0.4, 0.5) is 4.39 Å². The molecule has 2 aliphatic rings. The normalized spacial score (nSPS) is 21.5. The van der Waals surface area contributed by atoms with E-state index in [1.54, 1.807) is 29.4 Å². The number of thioether (sulfide) groups is 1. The van der Waals surface area contributed by atoms with Crippen LogP contribution in [0.5, 0.6) is 5.75 Å². The second-order valence-corrected chi connectivity index (χ2v) is 7.79. The summed E-state index contributed by atoms with van der Waals surface area (Å²) in [5.41, 5.74) is 0.413. The fraction of sp³-hybridized carbons (Fsp3) is 0.333. The number of hydrogen-bond donors (Lipinski definition) is 0. The van der Waals surface area contributed by atoms with Crippen molar-refractivity contribution in [2.45, 2.75) is 17.3 Å². The molecule has 24 heavy (non-hydrogen) atoms. The van der Waals surface area contributed by atoms with Gasteiger partial charge >= 0.3 is 0 Å². The Morgan fingerprint density at radius 3 is 2.96 bits per heavy atom. The molecule has 3 heterocycles. The van der Waals surface area contributed by atoms with Crippen LogP contribution in [0.15, 0.2) is 48.8 Å². The lowest BCUT2D eigenvalue weighted by Crippen LogP contribution is -2.60. The number of hydrogen-bond acceptors (Lipinski definition) is 4. The van der Waals surface area contributed by atoms with Crippen molar-refractivity contribution in [2.24, 2.45) is 0 Å². The molecular formula is C18H17FN2O2S. The van der Waals surface area contributed by atoms with Crippen LogP contribution in [0.25, 0.3) is 0 Å². The van der Waals surface area contributed by atoms with E-state index in [4.69, 9.17) is 4.74 Å². The molecule has 2 fully saturated rings. The van der Waals surface area contributed by atoms with Gasteiger partial charge in [0.2, 0.25) is 0 Å². The Bertz CT molecular complexity index is 750. The summed E-state index contributed by atoms with van der Waals surface area (Å²) in [6.07, 6.45) is 4.50. The highest BCUT2D eigenvalue weighted by Gasteiger charge is 2.51. The summed E-state index contributed by atoms with van der Waals surface area (Å²) < 4.78 is 19.3. The number of carbonyl (C=O) groups is 1. The van der Waals surface area contributed by atoms with Gasteiger partial charge in [0.25, 0.3) is 5.91 Å². The van der Waals surface area contributed by atoms with Gasteiger partial charge in [0, 0.05) is 37.0 Å². The Hall–Kier alpha value is -2.08. The van der Waals surface area contributed by atoms with Gasteiger partial charge in [-0.2, -0.15) is 0 Å². The predicted molar refractivity (Wildman–Crippen MR) is 90.8 cm³/mol. The highest BCUT2D eigenvalue weighted by molar-refractivity contribution is 8.01. The zero-order valence-electron chi connectivity index (χ0n) is 13.0. The second-order valence-electron chi connectivity index (χ2n) is 6.30. The van der Waals surface area contributed by atoms with E-state index in [9.17, 15) is 9.18 Å². The van der Waals surface area contributed by atoms with E-state index in [0.717, 1.165) is 17.9 Å². The molecular weight excluding hydrogens is 327 g/mol. The smallest absolute Gasteiger partial charge is 0.254 e. The SMILES string of the molecule is O=C(c1cccc(F)c1)N1CC2(C[C@@H](Oc3cccnc3)CS2)C1. The van der Waals surface area contributed by atoms with Gasteiger partial charge in [-0.1, -0.05) is 6.07 Å². The molecule has 4 nitrogen and oxygen atoms in total. The van der Waals surface area contributed by atoms with Crippen LogP contribution in [0.1, 0.15) is 16.8 Å². The molecule has 1 amide bonds. The maximum atomic E-state index is 13.3. The monoisotopic (exact) mass is 344 g/mol. The van der Waals surface area contributed by atoms with E-state index in [0.29, 0.717) is 18.7 Å². The molecule has 0 unspecified atom stereocenters. The Kier molecular flexibility index (Phi) is 3.92. The first-order valence-corrected chi connectivity index (χ1v) is 8.88. The lowest BCUT2D eigenvalue weighted by molar-refractivity contribution is 0.0517. The van der Waals surface area contributed by atoms with Gasteiger partial charge in [-0.3, -0.25) is 9.78 Å². The van der Waals surface area contributed by atoms with E-state index in [2.05, 4.69) is 4.98 Å². The largest absolute Gasteiger partial charge is 0.488 e. The third-order valence-electron chi connectivity index (χ3n) is 4.43. The molecule has 4 rings (SSSR count). The first kappa shape index (κ1) is 15.4. The van der Waals surface area contributed by atoms with Crippen molar-refractivity contribution >= 4 is 17.7 Å². The Labute approximate surface area is 144 Å². The van der Waals surface area contributed by atoms with E-state index in [1.165, 1.54) is 12.1 Å². The summed E-state index contributed by atoms with van der Waals surface area (Å²) >= 11 is 1.86. The summed E-state index contributed by atoms with van der Waals surface area (Å²) in [7, 11) is 0. The summed E-state index contributed by atoms with van der Waals surface area (Å²) in [5, 5.41) is 0. The minimum absolute atomic E-state index is 0.0792. The molecule has 0 radical (unpaired) electrons. The van der Waals surface area contributed by atoms with Crippen LogP contribution in [0.3, 0.4) is 0 Å². The fourth-order valence-corrected chi connectivity index (χ4v) is 4.83. The van der Waals surface area contributed by atoms with Crippen molar-refractivity contribution in [3.63, 3.8) is 0 Å². The number of carbonyl (C=O) groups excluding carboxylic acids is 1. The van der Waals surface area contributed by atoms with Crippen LogP contribution in [0, 0.1) is 5.82 Å². The topological polar surface area (TPSA) is 42.4 Å². The fourth-order valence-electron chi connectivity index (χ4n) is 3.30.